The van der Waals surface area contributed by atoms with E-state index in [1.807, 2.05) is 25.1 Å². The third-order valence-corrected chi connectivity index (χ3v) is 4.10. The highest BCUT2D eigenvalue weighted by Crippen LogP contribution is 2.31. The lowest BCUT2D eigenvalue weighted by molar-refractivity contribution is 0.611. The number of hydrogen-bond acceptors (Lipinski definition) is 3. The predicted octanol–water partition coefficient (Wildman–Crippen LogP) is 1.56. The molecule has 1 aromatic rings. The summed E-state index contributed by atoms with van der Waals surface area (Å²) in [7, 11) is -3.44. The Kier molecular flexibility index (Phi) is 2.16. The summed E-state index contributed by atoms with van der Waals surface area (Å²) in [5.41, 5.74) is 7.05. The Morgan fingerprint density at radius 3 is 2.33 bits per heavy atom. The SMILES string of the molecule is Cc1ccccc1C1=CC=C(N)S1(=O)=O. The number of rotatable bonds is 1. The van der Waals surface area contributed by atoms with Crippen LogP contribution in [0.15, 0.2) is 41.4 Å². The first kappa shape index (κ1) is 9.98. The normalized spacial score (nSPS) is 18.5. The fourth-order valence-electron chi connectivity index (χ4n) is 1.55. The molecule has 2 N–H and O–H groups in total. The molecule has 78 valence electrons. The highest BCUT2D eigenvalue weighted by atomic mass is 32.2. The van der Waals surface area contributed by atoms with Gasteiger partial charge in [0, 0.05) is 0 Å². The van der Waals surface area contributed by atoms with Crippen LogP contribution >= 0.6 is 0 Å². The first-order chi connectivity index (χ1) is 7.03. The minimum atomic E-state index is -3.44. The molecule has 15 heavy (non-hydrogen) atoms. The zero-order valence-electron chi connectivity index (χ0n) is 8.27. The third kappa shape index (κ3) is 1.47. The van der Waals surface area contributed by atoms with Gasteiger partial charge in [-0.1, -0.05) is 24.3 Å². The molecule has 0 aliphatic carbocycles. The lowest BCUT2D eigenvalue weighted by atomic mass is 10.1. The van der Waals surface area contributed by atoms with Crippen molar-refractivity contribution in [2.24, 2.45) is 5.73 Å². The maximum atomic E-state index is 11.8. The van der Waals surface area contributed by atoms with Crippen molar-refractivity contribution in [3.05, 3.63) is 52.6 Å². The summed E-state index contributed by atoms with van der Waals surface area (Å²) in [6, 6.07) is 7.34. The van der Waals surface area contributed by atoms with Crippen LogP contribution in [0, 0.1) is 6.92 Å². The fraction of sp³-hybridized carbons (Fsp3) is 0.0909. The van der Waals surface area contributed by atoms with Crippen molar-refractivity contribution >= 4 is 14.7 Å². The summed E-state index contributed by atoms with van der Waals surface area (Å²) in [5.74, 6) is 0. The number of aryl methyl sites for hydroxylation is 1. The molecule has 3 nitrogen and oxygen atoms in total. The molecule has 0 atom stereocenters. The summed E-state index contributed by atoms with van der Waals surface area (Å²) in [6.07, 6.45) is 2.98. The average molecular weight is 221 g/mol. The Hall–Kier alpha value is -1.55. The van der Waals surface area contributed by atoms with Crippen molar-refractivity contribution in [1.29, 1.82) is 0 Å². The lowest BCUT2D eigenvalue weighted by Gasteiger charge is -2.07. The summed E-state index contributed by atoms with van der Waals surface area (Å²) in [4.78, 5) is 0.290. The molecule has 1 heterocycles. The van der Waals surface area contributed by atoms with Crippen LogP contribution in [0.4, 0.5) is 0 Å². The summed E-state index contributed by atoms with van der Waals surface area (Å²) >= 11 is 0. The second kappa shape index (κ2) is 3.24. The Balaban J connectivity index is 2.59. The maximum Gasteiger partial charge on any atom is 0.221 e. The van der Waals surface area contributed by atoms with Crippen LogP contribution in [-0.4, -0.2) is 8.42 Å². The van der Waals surface area contributed by atoms with E-state index < -0.39 is 9.84 Å². The Labute approximate surface area is 88.8 Å². The Morgan fingerprint density at radius 2 is 1.80 bits per heavy atom. The van der Waals surface area contributed by atoms with Crippen molar-refractivity contribution in [1.82, 2.24) is 0 Å². The van der Waals surface area contributed by atoms with Gasteiger partial charge in [0.05, 0.1) is 4.91 Å². The molecule has 0 fully saturated rings. The lowest BCUT2D eigenvalue weighted by Crippen LogP contribution is -2.10. The van der Waals surface area contributed by atoms with Gasteiger partial charge in [-0.3, -0.25) is 0 Å². The van der Waals surface area contributed by atoms with Crippen LogP contribution in [0.1, 0.15) is 11.1 Å². The zero-order valence-corrected chi connectivity index (χ0v) is 9.08. The van der Waals surface area contributed by atoms with E-state index in [1.54, 1.807) is 12.1 Å². The second-order valence-electron chi connectivity index (χ2n) is 3.42. The Morgan fingerprint density at radius 1 is 1.13 bits per heavy atom. The van der Waals surface area contributed by atoms with Crippen LogP contribution in [0.25, 0.3) is 4.91 Å². The second-order valence-corrected chi connectivity index (χ2v) is 5.34. The molecule has 4 heteroatoms. The van der Waals surface area contributed by atoms with Crippen molar-refractivity contribution in [2.45, 2.75) is 6.92 Å². The van der Waals surface area contributed by atoms with E-state index in [9.17, 15) is 8.42 Å². The molecule has 0 spiro atoms. The van der Waals surface area contributed by atoms with Crippen molar-refractivity contribution in [3.63, 3.8) is 0 Å². The van der Waals surface area contributed by atoms with Crippen LogP contribution < -0.4 is 5.73 Å². The number of sulfone groups is 1. The van der Waals surface area contributed by atoms with E-state index in [1.165, 1.54) is 6.08 Å². The maximum absolute atomic E-state index is 11.8. The molecule has 0 amide bonds. The predicted molar refractivity (Wildman–Crippen MR) is 60.3 cm³/mol. The van der Waals surface area contributed by atoms with Crippen LogP contribution in [0.2, 0.25) is 0 Å². The van der Waals surface area contributed by atoms with E-state index in [2.05, 4.69) is 0 Å². The largest absolute Gasteiger partial charge is 0.389 e. The van der Waals surface area contributed by atoms with Gasteiger partial charge in [-0.25, -0.2) is 8.42 Å². The van der Waals surface area contributed by atoms with E-state index >= 15 is 0 Å². The first-order valence-corrected chi connectivity index (χ1v) is 6.00. The molecular weight excluding hydrogens is 210 g/mol. The first-order valence-electron chi connectivity index (χ1n) is 4.52. The molecular formula is C11H11NO2S. The van der Waals surface area contributed by atoms with E-state index in [-0.39, 0.29) is 9.93 Å². The quantitative estimate of drug-likeness (QED) is 0.783. The van der Waals surface area contributed by atoms with Gasteiger partial charge < -0.3 is 5.73 Å². The van der Waals surface area contributed by atoms with Crippen molar-refractivity contribution < 1.29 is 8.42 Å². The molecule has 0 unspecified atom stereocenters. The van der Waals surface area contributed by atoms with Gasteiger partial charge >= 0.3 is 0 Å². The summed E-state index contributed by atoms with van der Waals surface area (Å²) < 4.78 is 23.6. The van der Waals surface area contributed by atoms with E-state index in [4.69, 9.17) is 5.73 Å². The van der Waals surface area contributed by atoms with Gasteiger partial charge in [0.2, 0.25) is 9.84 Å². The number of hydrogen-bond donors (Lipinski definition) is 1. The molecule has 0 saturated heterocycles. The van der Waals surface area contributed by atoms with Gasteiger partial charge in [0.25, 0.3) is 0 Å². The average Bonchev–Trinajstić information content (AvgIpc) is 2.44. The Bertz CT molecular complexity index is 568. The van der Waals surface area contributed by atoms with Crippen LogP contribution in [-0.2, 0) is 9.84 Å². The fourth-order valence-corrected chi connectivity index (χ4v) is 2.81. The minimum absolute atomic E-state index is 0.0826. The van der Waals surface area contributed by atoms with E-state index in [0.717, 1.165) is 5.56 Å². The van der Waals surface area contributed by atoms with Gasteiger partial charge in [-0.15, -0.1) is 0 Å². The van der Waals surface area contributed by atoms with Crippen molar-refractivity contribution in [3.8, 4) is 0 Å². The molecule has 0 bridgehead atoms. The molecule has 1 aliphatic heterocycles. The highest BCUT2D eigenvalue weighted by Gasteiger charge is 2.27. The number of allylic oxidation sites excluding steroid dienone is 2. The highest BCUT2D eigenvalue weighted by molar-refractivity contribution is 8.04. The molecule has 0 saturated carbocycles. The van der Waals surface area contributed by atoms with Gasteiger partial charge in [-0.05, 0) is 30.2 Å². The van der Waals surface area contributed by atoms with Crippen molar-refractivity contribution in [2.75, 3.05) is 0 Å². The van der Waals surface area contributed by atoms with Gasteiger partial charge in [-0.2, -0.15) is 0 Å². The molecule has 1 aromatic carbocycles. The van der Waals surface area contributed by atoms with Crippen LogP contribution in [0.3, 0.4) is 0 Å². The molecule has 0 aromatic heterocycles. The summed E-state index contributed by atoms with van der Waals surface area (Å²) in [6.45, 7) is 1.88. The number of nitrogens with two attached hydrogens (primary N) is 1. The number of benzene rings is 1. The standard InChI is InChI=1S/C11H11NO2S/c1-8-4-2-3-5-9(8)10-6-7-11(12)15(10,13)14/h2-7H,12H2,1H3. The molecule has 1 aliphatic rings. The van der Waals surface area contributed by atoms with Gasteiger partial charge in [0.1, 0.15) is 5.03 Å². The molecule has 2 rings (SSSR count). The summed E-state index contributed by atoms with van der Waals surface area (Å²) in [5, 5.41) is -0.0826. The van der Waals surface area contributed by atoms with Crippen LogP contribution in [0.5, 0.6) is 0 Å². The van der Waals surface area contributed by atoms with Gasteiger partial charge in [0.15, 0.2) is 0 Å². The topological polar surface area (TPSA) is 60.2 Å². The minimum Gasteiger partial charge on any atom is -0.389 e. The zero-order chi connectivity index (χ0) is 11.1. The monoisotopic (exact) mass is 221 g/mol. The third-order valence-electron chi connectivity index (χ3n) is 2.41. The smallest absolute Gasteiger partial charge is 0.221 e. The van der Waals surface area contributed by atoms with E-state index in [0.29, 0.717) is 5.56 Å². The molecule has 0 radical (unpaired) electrons.